The Balaban J connectivity index is 2.50. The number of hydrogen-bond donors (Lipinski definition) is 2. The second kappa shape index (κ2) is 4.40. The van der Waals surface area contributed by atoms with Gasteiger partial charge in [-0.3, -0.25) is 0 Å². The Bertz CT molecular complexity index is 542. The van der Waals surface area contributed by atoms with E-state index in [-0.39, 0.29) is 11.3 Å². The van der Waals surface area contributed by atoms with Crippen LogP contribution in [0.2, 0.25) is 0 Å². The lowest BCUT2D eigenvalue weighted by atomic mass is 10.1. The minimum atomic E-state index is -1.04. The molecule has 2 heterocycles. The maximum absolute atomic E-state index is 11.2. The van der Waals surface area contributed by atoms with Crippen molar-refractivity contribution in [1.82, 2.24) is 15.1 Å². The Kier molecular flexibility index (Phi) is 2.95. The van der Waals surface area contributed by atoms with Crippen LogP contribution in [0.3, 0.4) is 0 Å². The molecule has 90 valence electrons. The zero-order valence-corrected chi connectivity index (χ0v) is 9.65. The van der Waals surface area contributed by atoms with Gasteiger partial charge in [0.15, 0.2) is 17.3 Å². The zero-order valence-electron chi connectivity index (χ0n) is 9.65. The van der Waals surface area contributed by atoms with Crippen LogP contribution in [0, 0.1) is 6.92 Å². The number of H-pyrrole nitrogens is 1. The summed E-state index contributed by atoms with van der Waals surface area (Å²) in [6, 6.07) is 0. The van der Waals surface area contributed by atoms with Gasteiger partial charge in [0.1, 0.15) is 5.56 Å². The molecule has 0 aliphatic carbocycles. The predicted octanol–water partition coefficient (Wildman–Crippen LogP) is 2.02. The fourth-order valence-corrected chi connectivity index (χ4v) is 1.64. The Morgan fingerprint density at radius 1 is 1.59 bits per heavy atom. The molecule has 0 aliphatic rings. The van der Waals surface area contributed by atoms with Crippen LogP contribution in [-0.2, 0) is 6.42 Å². The zero-order chi connectivity index (χ0) is 12.4. The largest absolute Gasteiger partial charge is 0.477 e. The van der Waals surface area contributed by atoms with Gasteiger partial charge in [-0.15, -0.1) is 0 Å². The molecule has 0 spiro atoms. The standard InChI is InChI=1S/C11H13N3O3/c1-3-4-7-8(11(15)16)9(14-17-7)10-12-5-6(2)13-10/h5H,3-4H2,1-2H3,(H,12,13)(H,15,16). The number of carboxylic acids is 1. The summed E-state index contributed by atoms with van der Waals surface area (Å²) in [7, 11) is 0. The third-order valence-corrected chi connectivity index (χ3v) is 2.38. The minimum Gasteiger partial charge on any atom is -0.477 e. The lowest BCUT2D eigenvalue weighted by Gasteiger charge is -1.95. The highest BCUT2D eigenvalue weighted by Gasteiger charge is 2.24. The molecule has 2 aromatic rings. The maximum Gasteiger partial charge on any atom is 0.341 e. The molecule has 0 amide bonds. The van der Waals surface area contributed by atoms with Crippen molar-refractivity contribution in [2.45, 2.75) is 26.7 Å². The van der Waals surface area contributed by atoms with Crippen molar-refractivity contribution in [3.8, 4) is 11.5 Å². The molecule has 6 nitrogen and oxygen atoms in total. The number of aromatic nitrogens is 3. The smallest absolute Gasteiger partial charge is 0.341 e. The van der Waals surface area contributed by atoms with Crippen LogP contribution in [0.1, 0.15) is 35.2 Å². The van der Waals surface area contributed by atoms with Crippen molar-refractivity contribution in [2.24, 2.45) is 0 Å². The molecule has 0 unspecified atom stereocenters. The molecule has 0 saturated carbocycles. The fraction of sp³-hybridized carbons (Fsp3) is 0.364. The van der Waals surface area contributed by atoms with Gasteiger partial charge in [-0.1, -0.05) is 12.1 Å². The first-order valence-corrected chi connectivity index (χ1v) is 5.37. The van der Waals surface area contributed by atoms with E-state index in [1.165, 1.54) is 0 Å². The van der Waals surface area contributed by atoms with Crippen LogP contribution < -0.4 is 0 Å². The molecule has 6 heteroatoms. The number of carbonyl (C=O) groups is 1. The van der Waals surface area contributed by atoms with Crippen LogP contribution in [0.5, 0.6) is 0 Å². The Morgan fingerprint density at radius 2 is 2.35 bits per heavy atom. The summed E-state index contributed by atoms with van der Waals surface area (Å²) in [6.07, 6.45) is 2.97. The minimum absolute atomic E-state index is 0.0983. The van der Waals surface area contributed by atoms with Gasteiger partial charge in [0.25, 0.3) is 0 Å². The fourth-order valence-electron chi connectivity index (χ4n) is 1.64. The molecule has 2 rings (SSSR count). The number of aromatic carboxylic acids is 1. The number of nitrogens with one attached hydrogen (secondary N) is 1. The van der Waals surface area contributed by atoms with E-state index in [2.05, 4.69) is 15.1 Å². The number of rotatable bonds is 4. The molecule has 0 aromatic carbocycles. The second-order valence-electron chi connectivity index (χ2n) is 3.80. The van der Waals surface area contributed by atoms with Crippen molar-refractivity contribution in [3.05, 3.63) is 23.2 Å². The molecule has 2 N–H and O–H groups in total. The summed E-state index contributed by atoms with van der Waals surface area (Å²) < 4.78 is 5.07. The van der Waals surface area contributed by atoms with Crippen molar-refractivity contribution < 1.29 is 14.4 Å². The SMILES string of the molecule is CCCc1onc(-c2ncc(C)[nH]2)c1C(=O)O. The molecule has 0 atom stereocenters. The highest BCUT2D eigenvalue weighted by Crippen LogP contribution is 2.24. The first-order valence-electron chi connectivity index (χ1n) is 5.37. The molecule has 0 fully saturated rings. The molecule has 17 heavy (non-hydrogen) atoms. The Labute approximate surface area is 97.7 Å². The van der Waals surface area contributed by atoms with E-state index in [1.807, 2.05) is 13.8 Å². The number of hydrogen-bond acceptors (Lipinski definition) is 4. The van der Waals surface area contributed by atoms with Gasteiger partial charge in [-0.2, -0.15) is 0 Å². The molecule has 2 aromatic heterocycles. The topological polar surface area (TPSA) is 92.0 Å². The molecule has 0 aliphatic heterocycles. The third kappa shape index (κ3) is 2.06. The first-order chi connectivity index (χ1) is 8.13. The second-order valence-corrected chi connectivity index (χ2v) is 3.80. The van der Waals surface area contributed by atoms with Gasteiger partial charge < -0.3 is 14.6 Å². The van der Waals surface area contributed by atoms with Crippen molar-refractivity contribution >= 4 is 5.97 Å². The lowest BCUT2D eigenvalue weighted by molar-refractivity contribution is 0.0695. The summed E-state index contributed by atoms with van der Waals surface area (Å²) >= 11 is 0. The van der Waals surface area contributed by atoms with Gasteiger partial charge in [0.2, 0.25) is 0 Å². The summed E-state index contributed by atoms with van der Waals surface area (Å²) in [6.45, 7) is 3.79. The number of carboxylic acid groups (broad SMARTS) is 1. The van der Waals surface area contributed by atoms with Gasteiger partial charge in [0, 0.05) is 18.3 Å². The lowest BCUT2D eigenvalue weighted by Crippen LogP contribution is -2.02. The number of aromatic amines is 1. The molecular weight excluding hydrogens is 222 g/mol. The van der Waals surface area contributed by atoms with E-state index in [0.29, 0.717) is 18.0 Å². The molecular formula is C11H13N3O3. The van der Waals surface area contributed by atoms with Crippen LogP contribution in [0.15, 0.2) is 10.7 Å². The van der Waals surface area contributed by atoms with Crippen molar-refractivity contribution in [2.75, 3.05) is 0 Å². The summed E-state index contributed by atoms with van der Waals surface area (Å²) in [5.74, 6) is -0.228. The maximum atomic E-state index is 11.2. The Hall–Kier alpha value is -2.11. The van der Waals surface area contributed by atoms with Crippen molar-refractivity contribution in [3.63, 3.8) is 0 Å². The average molecular weight is 235 g/mol. The van der Waals surface area contributed by atoms with Crippen LogP contribution in [-0.4, -0.2) is 26.2 Å². The van der Waals surface area contributed by atoms with Gasteiger partial charge in [-0.05, 0) is 13.3 Å². The van der Waals surface area contributed by atoms with Gasteiger partial charge >= 0.3 is 5.97 Å². The van der Waals surface area contributed by atoms with E-state index >= 15 is 0 Å². The normalized spacial score (nSPS) is 10.7. The van der Waals surface area contributed by atoms with Crippen LogP contribution >= 0.6 is 0 Å². The van der Waals surface area contributed by atoms with Crippen molar-refractivity contribution in [1.29, 1.82) is 0 Å². The van der Waals surface area contributed by atoms with E-state index in [0.717, 1.165) is 12.1 Å². The van der Waals surface area contributed by atoms with Gasteiger partial charge in [-0.25, -0.2) is 9.78 Å². The van der Waals surface area contributed by atoms with E-state index in [1.54, 1.807) is 6.20 Å². The quantitative estimate of drug-likeness (QED) is 0.845. The molecule has 0 bridgehead atoms. The Morgan fingerprint density at radius 3 is 2.88 bits per heavy atom. The van der Waals surface area contributed by atoms with Gasteiger partial charge in [0.05, 0.1) is 0 Å². The highest BCUT2D eigenvalue weighted by atomic mass is 16.5. The van der Waals surface area contributed by atoms with Crippen LogP contribution in [0.25, 0.3) is 11.5 Å². The number of aryl methyl sites for hydroxylation is 2. The summed E-state index contributed by atoms with van der Waals surface area (Å²) in [5, 5.41) is 13.0. The first kappa shape index (κ1) is 11.4. The summed E-state index contributed by atoms with van der Waals surface area (Å²) in [4.78, 5) is 18.2. The number of nitrogens with zero attached hydrogens (tertiary/aromatic N) is 2. The highest BCUT2D eigenvalue weighted by molar-refractivity contribution is 5.94. The monoisotopic (exact) mass is 235 g/mol. The molecule has 0 saturated heterocycles. The van der Waals surface area contributed by atoms with E-state index in [9.17, 15) is 9.90 Å². The molecule has 0 radical (unpaired) electrons. The predicted molar refractivity (Wildman–Crippen MR) is 59.8 cm³/mol. The van der Waals surface area contributed by atoms with Crippen LogP contribution in [0.4, 0.5) is 0 Å². The summed E-state index contributed by atoms with van der Waals surface area (Å²) in [5.41, 5.74) is 1.20. The number of imidazole rings is 1. The van der Waals surface area contributed by atoms with E-state index in [4.69, 9.17) is 4.52 Å². The average Bonchev–Trinajstić information content (AvgIpc) is 2.84. The van der Waals surface area contributed by atoms with E-state index < -0.39 is 5.97 Å². The third-order valence-electron chi connectivity index (χ3n) is 2.38.